The fourth-order valence-electron chi connectivity index (χ4n) is 1.75. The Balaban J connectivity index is 2.89. The molecule has 0 fully saturated rings. The van der Waals surface area contributed by atoms with Gasteiger partial charge in [0, 0.05) is 13.0 Å². The highest BCUT2D eigenvalue weighted by Crippen LogP contribution is 2.23. The highest BCUT2D eigenvalue weighted by Gasteiger charge is 2.21. The summed E-state index contributed by atoms with van der Waals surface area (Å²) in [4.78, 5) is 11.5. The summed E-state index contributed by atoms with van der Waals surface area (Å²) in [6.07, 6.45) is 1.27. The van der Waals surface area contributed by atoms with Gasteiger partial charge < -0.3 is 10.5 Å². The lowest BCUT2D eigenvalue weighted by molar-refractivity contribution is -0.144. The van der Waals surface area contributed by atoms with Gasteiger partial charge in [0.25, 0.3) is 0 Å². The maximum atomic E-state index is 11.5. The van der Waals surface area contributed by atoms with E-state index in [1.54, 1.807) is 6.92 Å². The quantitative estimate of drug-likeness (QED) is 0.810. The number of carbonyl (C=O) groups is 1. The summed E-state index contributed by atoms with van der Waals surface area (Å²) in [7, 11) is 0. The molecule has 1 aromatic rings. The molecule has 0 aliphatic rings. The van der Waals surface area contributed by atoms with Gasteiger partial charge in [0.05, 0.1) is 22.5 Å². The van der Waals surface area contributed by atoms with E-state index in [1.165, 1.54) is 0 Å². The van der Waals surface area contributed by atoms with Crippen molar-refractivity contribution in [3.8, 4) is 0 Å². The molecule has 0 spiro atoms. The summed E-state index contributed by atoms with van der Waals surface area (Å²) in [5.41, 5.74) is 7.78. The van der Waals surface area contributed by atoms with Crippen LogP contribution in [0.1, 0.15) is 32.2 Å². The minimum atomic E-state index is -0.645. The number of ether oxygens (including phenoxy) is 1. The summed E-state index contributed by atoms with van der Waals surface area (Å²) in [5.74, 6) is -0.369. The molecule has 0 aromatic carbocycles. The van der Waals surface area contributed by atoms with E-state index in [1.807, 2.05) is 18.5 Å². The van der Waals surface area contributed by atoms with Crippen LogP contribution in [-0.2, 0) is 28.9 Å². The van der Waals surface area contributed by atoms with Crippen molar-refractivity contribution in [1.29, 1.82) is 0 Å². The zero-order valence-corrected chi connectivity index (χ0v) is 12.7. The summed E-state index contributed by atoms with van der Waals surface area (Å²) in [6, 6.07) is -0.645. The predicted octanol–water partition coefficient (Wildman–Crippen LogP) is 1.66. The van der Waals surface area contributed by atoms with Gasteiger partial charge in [-0.05, 0) is 36.2 Å². The van der Waals surface area contributed by atoms with Crippen molar-refractivity contribution < 1.29 is 9.53 Å². The SMILES string of the molecule is CCOC(=O)C(N)Cc1c(Br)c(CC)nn1CC. The highest BCUT2D eigenvalue weighted by molar-refractivity contribution is 9.10. The average Bonchev–Trinajstić information content (AvgIpc) is 2.66. The Bertz CT molecular complexity index is 418. The number of carbonyl (C=O) groups excluding carboxylic acids is 1. The van der Waals surface area contributed by atoms with Gasteiger partial charge in [-0.1, -0.05) is 6.92 Å². The standard InChI is InChI=1S/C12H20BrN3O2/c1-4-9-11(13)10(16(5-2)15-9)7-8(14)12(17)18-6-3/h8H,4-7,14H2,1-3H3. The Kier molecular flexibility index (Phi) is 5.81. The van der Waals surface area contributed by atoms with Crippen molar-refractivity contribution in [1.82, 2.24) is 9.78 Å². The molecule has 1 unspecified atom stereocenters. The largest absolute Gasteiger partial charge is 0.465 e. The molecule has 6 heteroatoms. The average molecular weight is 318 g/mol. The molecule has 1 atom stereocenters. The molecule has 18 heavy (non-hydrogen) atoms. The number of rotatable bonds is 6. The van der Waals surface area contributed by atoms with E-state index in [9.17, 15) is 4.79 Å². The number of hydrogen-bond acceptors (Lipinski definition) is 4. The molecule has 1 heterocycles. The van der Waals surface area contributed by atoms with Gasteiger partial charge in [-0.3, -0.25) is 9.48 Å². The van der Waals surface area contributed by atoms with Gasteiger partial charge in [0.2, 0.25) is 0 Å². The van der Waals surface area contributed by atoms with E-state index < -0.39 is 6.04 Å². The minimum Gasteiger partial charge on any atom is -0.465 e. The molecule has 1 aromatic heterocycles. The van der Waals surface area contributed by atoms with Crippen LogP contribution in [0.4, 0.5) is 0 Å². The van der Waals surface area contributed by atoms with Crippen LogP contribution < -0.4 is 5.73 Å². The molecule has 0 saturated heterocycles. The van der Waals surface area contributed by atoms with E-state index in [0.717, 1.165) is 28.8 Å². The Hall–Kier alpha value is -0.880. The van der Waals surface area contributed by atoms with Crippen molar-refractivity contribution in [2.75, 3.05) is 6.61 Å². The van der Waals surface area contributed by atoms with Crippen LogP contribution in [0.25, 0.3) is 0 Å². The van der Waals surface area contributed by atoms with E-state index in [0.29, 0.717) is 13.0 Å². The highest BCUT2D eigenvalue weighted by atomic mass is 79.9. The van der Waals surface area contributed by atoms with Crippen LogP contribution in [0.3, 0.4) is 0 Å². The fourth-order valence-corrected chi connectivity index (χ4v) is 2.48. The normalized spacial score (nSPS) is 12.5. The second-order valence-corrected chi connectivity index (χ2v) is 4.73. The first kappa shape index (κ1) is 15.2. The molecule has 0 aliphatic carbocycles. The third-order valence-electron chi connectivity index (χ3n) is 2.70. The predicted molar refractivity (Wildman–Crippen MR) is 73.3 cm³/mol. The summed E-state index contributed by atoms with van der Waals surface area (Å²) < 4.78 is 7.74. The lowest BCUT2D eigenvalue weighted by Crippen LogP contribution is -2.35. The van der Waals surface area contributed by atoms with Crippen molar-refractivity contribution >= 4 is 21.9 Å². The number of aryl methyl sites for hydroxylation is 2. The molecule has 0 aliphatic heterocycles. The summed E-state index contributed by atoms with van der Waals surface area (Å²) in [6.45, 7) is 6.93. The first-order valence-electron chi connectivity index (χ1n) is 6.21. The molecule has 5 nitrogen and oxygen atoms in total. The molecule has 0 radical (unpaired) electrons. The zero-order valence-electron chi connectivity index (χ0n) is 11.1. The van der Waals surface area contributed by atoms with E-state index in [2.05, 4.69) is 21.0 Å². The zero-order chi connectivity index (χ0) is 13.7. The molecule has 0 amide bonds. The van der Waals surface area contributed by atoms with Gasteiger partial charge >= 0.3 is 5.97 Å². The molecule has 0 bridgehead atoms. The van der Waals surface area contributed by atoms with Gasteiger partial charge in [-0.15, -0.1) is 0 Å². The topological polar surface area (TPSA) is 70.1 Å². The molecular formula is C12H20BrN3O2. The lowest BCUT2D eigenvalue weighted by Gasteiger charge is -2.11. The lowest BCUT2D eigenvalue weighted by atomic mass is 10.1. The van der Waals surface area contributed by atoms with Gasteiger partial charge in [-0.25, -0.2) is 0 Å². The summed E-state index contributed by atoms with van der Waals surface area (Å²) in [5, 5.41) is 4.47. The van der Waals surface area contributed by atoms with E-state index in [4.69, 9.17) is 10.5 Å². The van der Waals surface area contributed by atoms with Gasteiger partial charge in [0.15, 0.2) is 0 Å². The molecule has 2 N–H and O–H groups in total. The molecular weight excluding hydrogens is 298 g/mol. The number of aromatic nitrogens is 2. The Morgan fingerprint density at radius 1 is 1.50 bits per heavy atom. The third kappa shape index (κ3) is 3.32. The second-order valence-electron chi connectivity index (χ2n) is 3.94. The number of halogens is 1. The number of nitrogens with two attached hydrogens (primary N) is 1. The Morgan fingerprint density at radius 2 is 2.17 bits per heavy atom. The van der Waals surface area contributed by atoms with Crippen LogP contribution in [-0.4, -0.2) is 28.4 Å². The van der Waals surface area contributed by atoms with Crippen molar-refractivity contribution in [3.63, 3.8) is 0 Å². The summed E-state index contributed by atoms with van der Waals surface area (Å²) >= 11 is 3.53. The Labute approximate surface area is 116 Å². The second kappa shape index (κ2) is 6.89. The van der Waals surface area contributed by atoms with Gasteiger partial charge in [-0.2, -0.15) is 5.10 Å². The third-order valence-corrected chi connectivity index (χ3v) is 3.61. The first-order chi connectivity index (χ1) is 8.54. The van der Waals surface area contributed by atoms with Crippen LogP contribution in [0.2, 0.25) is 0 Å². The smallest absolute Gasteiger partial charge is 0.323 e. The number of nitrogens with zero attached hydrogens (tertiary/aromatic N) is 2. The van der Waals surface area contributed by atoms with Crippen molar-refractivity contribution in [2.24, 2.45) is 5.73 Å². The van der Waals surface area contributed by atoms with Crippen molar-refractivity contribution in [2.45, 2.75) is 46.2 Å². The van der Waals surface area contributed by atoms with Crippen molar-refractivity contribution in [3.05, 3.63) is 15.9 Å². The van der Waals surface area contributed by atoms with E-state index >= 15 is 0 Å². The minimum absolute atomic E-state index is 0.348. The first-order valence-corrected chi connectivity index (χ1v) is 7.00. The van der Waals surface area contributed by atoms with Gasteiger partial charge in [0.1, 0.15) is 6.04 Å². The molecule has 102 valence electrons. The Morgan fingerprint density at radius 3 is 2.67 bits per heavy atom. The van der Waals surface area contributed by atoms with Crippen LogP contribution in [0.5, 0.6) is 0 Å². The molecule has 0 saturated carbocycles. The number of hydrogen-bond donors (Lipinski definition) is 1. The number of esters is 1. The van der Waals surface area contributed by atoms with Crippen LogP contribution >= 0.6 is 15.9 Å². The van der Waals surface area contributed by atoms with Crippen LogP contribution in [0.15, 0.2) is 4.47 Å². The molecule has 1 rings (SSSR count). The monoisotopic (exact) mass is 317 g/mol. The van der Waals surface area contributed by atoms with E-state index in [-0.39, 0.29) is 5.97 Å². The maximum absolute atomic E-state index is 11.5. The van der Waals surface area contributed by atoms with Crippen LogP contribution in [0, 0.1) is 0 Å². The maximum Gasteiger partial charge on any atom is 0.323 e. The fraction of sp³-hybridized carbons (Fsp3) is 0.667.